The van der Waals surface area contributed by atoms with E-state index in [0.717, 1.165) is 16.7 Å². The molecule has 0 aliphatic carbocycles. The van der Waals surface area contributed by atoms with E-state index >= 15 is 0 Å². The molecule has 8 heteroatoms. The van der Waals surface area contributed by atoms with Crippen LogP contribution in [0.25, 0.3) is 0 Å². The third-order valence-electron chi connectivity index (χ3n) is 6.25. The van der Waals surface area contributed by atoms with Gasteiger partial charge in [0.2, 0.25) is 0 Å². The van der Waals surface area contributed by atoms with E-state index in [1.807, 2.05) is 0 Å². The Morgan fingerprint density at radius 1 is 1.06 bits per heavy atom. The second kappa shape index (κ2) is 8.26. The van der Waals surface area contributed by atoms with Gasteiger partial charge in [0.1, 0.15) is 11.9 Å². The number of phosphoric acid groups is 1. The van der Waals surface area contributed by atoms with Crippen molar-refractivity contribution in [1.82, 2.24) is 0 Å². The van der Waals surface area contributed by atoms with Gasteiger partial charge < -0.3 is 13.7 Å². The summed E-state index contributed by atoms with van der Waals surface area (Å²) in [6, 6.07) is 1.79. The van der Waals surface area contributed by atoms with Gasteiger partial charge in [0.25, 0.3) is 0 Å². The van der Waals surface area contributed by atoms with Crippen molar-refractivity contribution >= 4 is 16.1 Å². The van der Waals surface area contributed by atoms with Crippen LogP contribution in [0.3, 0.4) is 0 Å². The number of phosphoric ester groups is 1. The Morgan fingerprint density at radius 3 is 1.94 bits per heavy atom. The molecule has 0 saturated carbocycles. The highest BCUT2D eigenvalue weighted by Crippen LogP contribution is 2.51. The van der Waals surface area contributed by atoms with Crippen LogP contribution in [0.1, 0.15) is 90.7 Å². The van der Waals surface area contributed by atoms with Crippen molar-refractivity contribution in [2.75, 3.05) is 6.61 Å². The first-order valence-corrected chi connectivity index (χ1v) is 15.3. The summed E-state index contributed by atoms with van der Waals surface area (Å²) in [5.41, 5.74) is 3.24. The van der Waals surface area contributed by atoms with Crippen LogP contribution >= 0.6 is 7.82 Å². The minimum atomic E-state index is -4.75. The van der Waals surface area contributed by atoms with E-state index in [-0.39, 0.29) is 34.3 Å². The minimum Gasteiger partial charge on any atom is -0.412 e. The van der Waals surface area contributed by atoms with Crippen molar-refractivity contribution in [3.63, 3.8) is 0 Å². The van der Waals surface area contributed by atoms with Gasteiger partial charge in [-0.1, -0.05) is 62.3 Å². The topological polar surface area (TPSA) is 88.5 Å². The molecule has 1 aliphatic heterocycles. The summed E-state index contributed by atoms with van der Waals surface area (Å²) < 4.78 is 29.4. The molecule has 1 aromatic carbocycles. The van der Waals surface area contributed by atoms with E-state index in [9.17, 15) is 14.4 Å². The van der Waals surface area contributed by atoms with Crippen molar-refractivity contribution in [3.05, 3.63) is 28.3 Å². The zero-order chi connectivity index (χ0) is 24.2. The van der Waals surface area contributed by atoms with Crippen LogP contribution in [0.15, 0.2) is 6.07 Å². The molecule has 178 valence electrons. The molecule has 2 N–H and O–H groups in total. The molecule has 6 nitrogen and oxygen atoms in total. The standard InChI is InChI=1S/C23H41O6PSi/c1-21(2,3)16-12-17(29-30(24,25)26)15(13-28-31(10,11)23(7,8)9)20(22(4,5)6)19(16)18-14-27-18/h12,18H,13-14H2,1-11H3,(H2,24,25,26)/t18-/m0/s1. The van der Waals surface area contributed by atoms with Crippen LogP contribution in [0.4, 0.5) is 0 Å². The molecule has 0 spiro atoms. The summed E-state index contributed by atoms with van der Waals surface area (Å²) in [6.45, 7) is 24.3. The molecular formula is C23H41O6PSi. The number of hydrogen-bond acceptors (Lipinski definition) is 4. The predicted octanol–water partition coefficient (Wildman–Crippen LogP) is 6.35. The fraction of sp³-hybridized carbons (Fsp3) is 0.739. The molecule has 1 atom stereocenters. The number of hydrogen-bond donors (Lipinski definition) is 2. The largest absolute Gasteiger partial charge is 0.524 e. The lowest BCUT2D eigenvalue weighted by Gasteiger charge is -2.38. The first-order chi connectivity index (χ1) is 13.7. The van der Waals surface area contributed by atoms with Gasteiger partial charge in [0, 0.05) is 5.56 Å². The lowest BCUT2D eigenvalue weighted by molar-refractivity contribution is 0.258. The van der Waals surface area contributed by atoms with Crippen LogP contribution in [0.2, 0.25) is 18.1 Å². The summed E-state index contributed by atoms with van der Waals surface area (Å²) in [6.07, 6.45) is -0.0146. The van der Waals surface area contributed by atoms with Crippen LogP contribution in [0.5, 0.6) is 5.75 Å². The molecular weight excluding hydrogens is 431 g/mol. The normalized spacial score (nSPS) is 18.3. The summed E-state index contributed by atoms with van der Waals surface area (Å²) in [7, 11) is -6.87. The molecule has 1 saturated heterocycles. The van der Waals surface area contributed by atoms with Crippen molar-refractivity contribution < 1.29 is 28.0 Å². The van der Waals surface area contributed by atoms with E-state index < -0.39 is 16.1 Å². The smallest absolute Gasteiger partial charge is 0.412 e. The van der Waals surface area contributed by atoms with Crippen molar-refractivity contribution in [3.8, 4) is 5.75 Å². The predicted molar refractivity (Wildman–Crippen MR) is 127 cm³/mol. The average Bonchev–Trinajstić information content (AvgIpc) is 3.32. The monoisotopic (exact) mass is 472 g/mol. The Morgan fingerprint density at radius 2 is 1.58 bits per heavy atom. The molecule has 1 aliphatic rings. The highest BCUT2D eigenvalue weighted by Gasteiger charge is 2.41. The van der Waals surface area contributed by atoms with Crippen LogP contribution in [-0.4, -0.2) is 24.7 Å². The van der Waals surface area contributed by atoms with Crippen molar-refractivity contribution in [2.24, 2.45) is 0 Å². The summed E-state index contributed by atoms with van der Waals surface area (Å²) in [5, 5.41) is 0.00689. The number of epoxide rings is 1. The molecule has 0 amide bonds. The molecule has 0 bridgehead atoms. The van der Waals surface area contributed by atoms with Crippen LogP contribution in [0, 0.1) is 0 Å². The second-order valence-electron chi connectivity index (χ2n) is 12.1. The fourth-order valence-corrected chi connectivity index (χ4v) is 4.92. The number of ether oxygens (including phenoxy) is 1. The molecule has 1 heterocycles. The van der Waals surface area contributed by atoms with Gasteiger partial charge >= 0.3 is 7.82 Å². The van der Waals surface area contributed by atoms with Gasteiger partial charge in [-0.3, -0.25) is 9.79 Å². The molecule has 1 aromatic rings. The highest BCUT2D eigenvalue weighted by molar-refractivity contribution is 7.46. The summed E-state index contributed by atoms with van der Waals surface area (Å²) in [4.78, 5) is 19.3. The van der Waals surface area contributed by atoms with Crippen molar-refractivity contribution in [1.29, 1.82) is 0 Å². The lowest BCUT2D eigenvalue weighted by atomic mass is 9.73. The van der Waals surface area contributed by atoms with Crippen molar-refractivity contribution in [2.45, 2.75) is 104 Å². The van der Waals surface area contributed by atoms with E-state index in [1.165, 1.54) is 0 Å². The average molecular weight is 473 g/mol. The Bertz CT molecular complexity index is 864. The fourth-order valence-electron chi connectivity index (χ4n) is 3.56. The van der Waals surface area contributed by atoms with Gasteiger partial charge in [-0.25, -0.2) is 4.57 Å². The quantitative estimate of drug-likeness (QED) is 0.285. The highest BCUT2D eigenvalue weighted by atomic mass is 31.2. The van der Waals surface area contributed by atoms with E-state index in [1.54, 1.807) is 6.07 Å². The summed E-state index contributed by atoms with van der Waals surface area (Å²) in [5.74, 6) is 0.200. The molecule has 2 rings (SSSR count). The first kappa shape index (κ1) is 26.6. The molecule has 0 aromatic heterocycles. The Kier molecular flexibility index (Phi) is 7.08. The first-order valence-electron chi connectivity index (χ1n) is 10.9. The van der Waals surface area contributed by atoms with E-state index in [2.05, 4.69) is 75.4 Å². The zero-order valence-electron chi connectivity index (χ0n) is 21.0. The number of rotatable bonds is 6. The number of benzene rings is 1. The minimum absolute atomic E-state index is 0.00689. The molecule has 31 heavy (non-hydrogen) atoms. The van der Waals surface area contributed by atoms with Gasteiger partial charge in [0.15, 0.2) is 8.32 Å². The second-order valence-corrected chi connectivity index (χ2v) is 18.1. The molecule has 1 fully saturated rings. The van der Waals surface area contributed by atoms with Gasteiger partial charge in [-0.2, -0.15) is 0 Å². The van der Waals surface area contributed by atoms with Crippen LogP contribution in [-0.2, 0) is 31.2 Å². The zero-order valence-corrected chi connectivity index (χ0v) is 22.9. The SMILES string of the molecule is CC(C)(C)c1cc(OP(=O)(O)O)c(CO[Si](C)(C)C(C)(C)C)c(C(C)(C)C)c1[C@@H]1CO1. The van der Waals surface area contributed by atoms with Gasteiger partial charge in [-0.05, 0) is 51.7 Å². The maximum atomic E-state index is 11.9. The lowest BCUT2D eigenvalue weighted by Crippen LogP contribution is -2.40. The van der Waals surface area contributed by atoms with E-state index in [4.69, 9.17) is 13.7 Å². The Hall–Kier alpha value is -0.693. The van der Waals surface area contributed by atoms with Gasteiger partial charge in [-0.15, -0.1) is 0 Å². The Labute approximate surface area is 189 Å². The van der Waals surface area contributed by atoms with Crippen LogP contribution < -0.4 is 4.52 Å². The third kappa shape index (κ3) is 6.43. The maximum Gasteiger partial charge on any atom is 0.524 e. The van der Waals surface area contributed by atoms with Gasteiger partial charge in [0.05, 0.1) is 13.2 Å². The maximum absolute atomic E-state index is 11.9. The Balaban J connectivity index is 2.81. The van der Waals surface area contributed by atoms with E-state index in [0.29, 0.717) is 12.2 Å². The summed E-state index contributed by atoms with van der Waals surface area (Å²) >= 11 is 0. The molecule has 0 radical (unpaired) electrons. The third-order valence-corrected chi connectivity index (χ3v) is 11.2. The molecule has 0 unspecified atom stereocenters.